The zero-order valence-electron chi connectivity index (χ0n) is 21.7. The van der Waals surface area contributed by atoms with Crippen molar-refractivity contribution in [2.45, 2.75) is 82.0 Å². The van der Waals surface area contributed by atoms with Gasteiger partial charge < -0.3 is 9.80 Å². The van der Waals surface area contributed by atoms with Crippen LogP contribution in [0.4, 0.5) is 11.4 Å². The van der Waals surface area contributed by atoms with Gasteiger partial charge in [-0.15, -0.1) is 11.8 Å². The first-order valence-corrected chi connectivity index (χ1v) is 15.0. The van der Waals surface area contributed by atoms with Gasteiger partial charge in [0.05, 0.1) is 5.88 Å². The number of para-hydroxylation sites is 2. The molecule has 4 nitrogen and oxygen atoms in total. The van der Waals surface area contributed by atoms with E-state index in [1.54, 1.807) is 11.8 Å². The highest BCUT2D eigenvalue weighted by Gasteiger charge is 2.40. The highest BCUT2D eigenvalue weighted by Crippen LogP contribution is 2.46. The van der Waals surface area contributed by atoms with Crippen molar-refractivity contribution in [1.29, 1.82) is 0 Å². The molecule has 0 radical (unpaired) electrons. The third kappa shape index (κ3) is 4.81. The van der Waals surface area contributed by atoms with Gasteiger partial charge in [-0.3, -0.25) is 5.01 Å². The zero-order valence-corrected chi connectivity index (χ0v) is 24.2. The number of fused-ring (bicyclic) bond motifs is 2. The topological polar surface area (TPSA) is 21.8 Å². The maximum absolute atomic E-state index is 5.85. The molecule has 3 unspecified atom stereocenters. The van der Waals surface area contributed by atoms with Gasteiger partial charge in [-0.1, -0.05) is 74.2 Å². The van der Waals surface area contributed by atoms with Crippen molar-refractivity contribution in [2.24, 2.45) is 0 Å². The smallest absolute Gasteiger partial charge is 0.154 e. The van der Waals surface area contributed by atoms with Crippen LogP contribution in [0.25, 0.3) is 0 Å². The number of benzene rings is 2. The van der Waals surface area contributed by atoms with E-state index >= 15 is 0 Å². The van der Waals surface area contributed by atoms with Gasteiger partial charge in [0.2, 0.25) is 0 Å². The van der Waals surface area contributed by atoms with Crippen LogP contribution in [0.15, 0.2) is 48.5 Å². The Hall–Kier alpha value is -1.41. The summed E-state index contributed by atoms with van der Waals surface area (Å²) < 4.78 is 1.15. The van der Waals surface area contributed by atoms with E-state index in [1.165, 1.54) is 28.9 Å². The van der Waals surface area contributed by atoms with Crippen molar-refractivity contribution in [3.63, 3.8) is 0 Å². The standard InChI is InChI=1S/C28H38N4S3/c1-19-15-27(3,4)30(23-13-9-7-11-21(19)23)17-32-26(33)35-25(29-32)34-18-31-24-14-10-8-12-22(24)20(2)16-28(31,5)6/h7-14,19-20,25,29H,15-18H2,1-6H3. The van der Waals surface area contributed by atoms with Gasteiger partial charge in [0.25, 0.3) is 0 Å². The number of rotatable bonds is 5. The van der Waals surface area contributed by atoms with E-state index < -0.39 is 0 Å². The predicted octanol–water partition coefficient (Wildman–Crippen LogP) is 7.34. The van der Waals surface area contributed by atoms with Gasteiger partial charge in [0, 0.05) is 22.5 Å². The first kappa shape index (κ1) is 25.2. The van der Waals surface area contributed by atoms with Crippen LogP contribution in [0, 0.1) is 0 Å². The molecule has 0 saturated carbocycles. The first-order chi connectivity index (χ1) is 16.6. The lowest BCUT2D eigenvalue weighted by Crippen LogP contribution is -2.55. The number of hydrogen-bond donors (Lipinski definition) is 1. The molecule has 188 valence electrons. The van der Waals surface area contributed by atoms with E-state index in [4.69, 9.17) is 12.2 Å². The minimum absolute atomic E-state index is 0.0686. The Balaban J connectivity index is 1.28. The van der Waals surface area contributed by atoms with E-state index in [0.29, 0.717) is 11.8 Å². The lowest BCUT2D eigenvalue weighted by molar-refractivity contribution is 0.281. The summed E-state index contributed by atoms with van der Waals surface area (Å²) in [4.78, 5) is 5.12. The highest BCUT2D eigenvalue weighted by atomic mass is 32.2. The number of thiocarbonyl (C=S) groups is 1. The Morgan fingerprint density at radius 3 is 2.00 bits per heavy atom. The minimum Gasteiger partial charge on any atom is -0.357 e. The molecule has 35 heavy (non-hydrogen) atoms. The van der Waals surface area contributed by atoms with Crippen LogP contribution in [0.2, 0.25) is 0 Å². The molecule has 0 aromatic heterocycles. The largest absolute Gasteiger partial charge is 0.357 e. The van der Waals surface area contributed by atoms with Crippen molar-refractivity contribution in [3.8, 4) is 0 Å². The fourth-order valence-corrected chi connectivity index (χ4v) is 9.10. The third-order valence-corrected chi connectivity index (χ3v) is 10.7. The highest BCUT2D eigenvalue weighted by molar-refractivity contribution is 8.30. The molecule has 2 aromatic carbocycles. The summed E-state index contributed by atoms with van der Waals surface area (Å²) in [6.07, 6.45) is 2.31. The van der Waals surface area contributed by atoms with Crippen LogP contribution >= 0.6 is 35.7 Å². The molecule has 3 heterocycles. The molecule has 3 atom stereocenters. The molecule has 1 saturated heterocycles. The Labute approximate surface area is 225 Å². The maximum atomic E-state index is 5.85. The average Bonchev–Trinajstić information content (AvgIpc) is 3.14. The van der Waals surface area contributed by atoms with Crippen LogP contribution in [0.1, 0.15) is 77.3 Å². The monoisotopic (exact) mass is 526 g/mol. The van der Waals surface area contributed by atoms with Crippen LogP contribution < -0.4 is 15.2 Å². The Kier molecular flexibility index (Phi) is 6.83. The minimum atomic E-state index is 0.0686. The quantitative estimate of drug-likeness (QED) is 0.406. The SMILES string of the molecule is CC1CC(C)(C)N(CSC2NN(CN3c4ccccc4C(C)CC3(C)C)C(=S)S2)c2ccccc21. The van der Waals surface area contributed by atoms with E-state index in [2.05, 4.69) is 110 Å². The van der Waals surface area contributed by atoms with E-state index in [1.807, 2.05) is 11.8 Å². The summed E-state index contributed by atoms with van der Waals surface area (Å²) >= 11 is 9.56. The normalized spacial score (nSPS) is 27.1. The molecule has 0 amide bonds. The number of nitrogens with one attached hydrogen (secondary N) is 1. The van der Waals surface area contributed by atoms with E-state index in [9.17, 15) is 0 Å². The van der Waals surface area contributed by atoms with Crippen molar-refractivity contribution in [2.75, 3.05) is 22.3 Å². The molecule has 7 heteroatoms. The number of nitrogens with zero attached hydrogens (tertiary/aromatic N) is 3. The maximum Gasteiger partial charge on any atom is 0.154 e. The molecule has 1 fully saturated rings. The van der Waals surface area contributed by atoms with Crippen molar-refractivity contribution in [3.05, 3.63) is 59.7 Å². The van der Waals surface area contributed by atoms with Gasteiger partial charge >= 0.3 is 0 Å². The van der Waals surface area contributed by atoms with Crippen LogP contribution in [-0.4, -0.2) is 37.7 Å². The number of hydrogen-bond acceptors (Lipinski definition) is 6. The fourth-order valence-electron chi connectivity index (χ4n) is 6.22. The van der Waals surface area contributed by atoms with Crippen LogP contribution in [0.3, 0.4) is 0 Å². The summed E-state index contributed by atoms with van der Waals surface area (Å²) in [6, 6.07) is 17.8. The first-order valence-electron chi connectivity index (χ1n) is 12.7. The number of hydrazine groups is 1. The second-order valence-corrected chi connectivity index (χ2v) is 14.6. The molecule has 5 rings (SSSR count). The molecular weight excluding hydrogens is 489 g/mol. The van der Waals surface area contributed by atoms with Crippen molar-refractivity contribution >= 4 is 51.4 Å². The average molecular weight is 527 g/mol. The van der Waals surface area contributed by atoms with Gasteiger partial charge in [-0.2, -0.15) is 0 Å². The summed E-state index contributed by atoms with van der Waals surface area (Å²) in [5.74, 6) is 2.09. The van der Waals surface area contributed by atoms with Gasteiger partial charge in [-0.25, -0.2) is 5.43 Å². The summed E-state index contributed by atoms with van der Waals surface area (Å²) in [6.45, 7) is 14.9. The molecule has 0 aliphatic carbocycles. The van der Waals surface area contributed by atoms with Crippen molar-refractivity contribution < 1.29 is 0 Å². The molecule has 1 N–H and O–H groups in total. The third-order valence-electron chi connectivity index (χ3n) is 7.92. The summed E-state index contributed by atoms with van der Waals surface area (Å²) in [7, 11) is 0. The zero-order chi connectivity index (χ0) is 25.0. The molecule has 3 aliphatic rings. The van der Waals surface area contributed by atoms with E-state index in [0.717, 1.165) is 23.3 Å². The fraction of sp³-hybridized carbons (Fsp3) is 0.536. The number of thioether (sulfide) groups is 2. The lowest BCUT2D eigenvalue weighted by Gasteiger charge is -2.48. The van der Waals surface area contributed by atoms with Gasteiger partial charge in [-0.05, 0) is 75.6 Å². The van der Waals surface area contributed by atoms with Crippen LogP contribution in [-0.2, 0) is 0 Å². The predicted molar refractivity (Wildman–Crippen MR) is 158 cm³/mol. The van der Waals surface area contributed by atoms with Gasteiger partial charge in [0.15, 0.2) is 4.32 Å². The summed E-state index contributed by atoms with van der Waals surface area (Å²) in [5.41, 5.74) is 9.54. The molecule has 0 bridgehead atoms. The lowest BCUT2D eigenvalue weighted by atomic mass is 9.80. The molecular formula is C28H38N4S3. The van der Waals surface area contributed by atoms with Gasteiger partial charge in [0.1, 0.15) is 11.4 Å². The van der Waals surface area contributed by atoms with Crippen LogP contribution in [0.5, 0.6) is 0 Å². The summed E-state index contributed by atoms with van der Waals surface area (Å²) in [5, 5.41) is 2.18. The molecule has 0 spiro atoms. The Morgan fingerprint density at radius 1 is 0.886 bits per heavy atom. The Bertz CT molecular complexity index is 1100. The molecule has 2 aromatic rings. The molecule has 3 aliphatic heterocycles. The van der Waals surface area contributed by atoms with Crippen molar-refractivity contribution in [1.82, 2.24) is 10.4 Å². The second kappa shape index (κ2) is 9.47. The Morgan fingerprint density at radius 2 is 1.40 bits per heavy atom. The second-order valence-electron chi connectivity index (χ2n) is 11.5. The van der Waals surface area contributed by atoms with E-state index in [-0.39, 0.29) is 15.8 Å². The number of anilines is 2.